The zero-order valence-corrected chi connectivity index (χ0v) is 14.3. The third-order valence-corrected chi connectivity index (χ3v) is 4.80. The standard InChI is InChI=1S/C20H18N2O4/c1-12-6-8-13(9-7-12)21-18(24)16-10-11-17(23)22(16)19-14-4-2-3-5-15(14)20(25)26-19/h2-9,16,19H,10-11H2,1H3,(H,21,24)/t16-,19-/m0/s1. The molecule has 2 heterocycles. The van der Waals surface area contributed by atoms with E-state index in [0.29, 0.717) is 23.2 Å². The molecule has 2 aromatic carbocycles. The molecule has 132 valence electrons. The monoisotopic (exact) mass is 350 g/mol. The van der Waals surface area contributed by atoms with E-state index < -0.39 is 18.2 Å². The smallest absolute Gasteiger partial charge is 0.340 e. The number of carbonyl (C=O) groups is 3. The molecule has 2 amide bonds. The van der Waals surface area contributed by atoms with E-state index in [1.807, 2.05) is 31.2 Å². The van der Waals surface area contributed by atoms with Crippen LogP contribution in [0.1, 0.15) is 40.6 Å². The number of esters is 1. The van der Waals surface area contributed by atoms with Crippen molar-refractivity contribution in [2.45, 2.75) is 32.0 Å². The third-order valence-electron chi connectivity index (χ3n) is 4.80. The van der Waals surface area contributed by atoms with Crippen LogP contribution in [-0.2, 0) is 14.3 Å². The van der Waals surface area contributed by atoms with Crippen LogP contribution in [0.3, 0.4) is 0 Å². The summed E-state index contributed by atoms with van der Waals surface area (Å²) in [6.45, 7) is 1.97. The lowest BCUT2D eigenvalue weighted by Crippen LogP contribution is -2.43. The van der Waals surface area contributed by atoms with E-state index in [1.165, 1.54) is 4.90 Å². The van der Waals surface area contributed by atoms with Gasteiger partial charge in [-0.05, 0) is 31.5 Å². The number of nitrogens with zero attached hydrogens (tertiary/aromatic N) is 1. The molecule has 4 rings (SSSR count). The summed E-state index contributed by atoms with van der Waals surface area (Å²) in [5, 5.41) is 2.85. The van der Waals surface area contributed by atoms with Crippen LogP contribution in [0.15, 0.2) is 48.5 Å². The first-order chi connectivity index (χ1) is 12.5. The van der Waals surface area contributed by atoms with Crippen LogP contribution in [0, 0.1) is 6.92 Å². The fraction of sp³-hybridized carbons (Fsp3) is 0.250. The number of nitrogens with one attached hydrogen (secondary N) is 1. The number of benzene rings is 2. The first kappa shape index (κ1) is 16.3. The first-order valence-corrected chi connectivity index (χ1v) is 8.53. The fourth-order valence-electron chi connectivity index (χ4n) is 3.45. The van der Waals surface area contributed by atoms with Crippen LogP contribution >= 0.6 is 0 Å². The van der Waals surface area contributed by atoms with Gasteiger partial charge in [-0.3, -0.25) is 14.5 Å². The molecule has 0 radical (unpaired) electrons. The Morgan fingerprint density at radius 2 is 1.85 bits per heavy atom. The highest BCUT2D eigenvalue weighted by Gasteiger charge is 2.46. The van der Waals surface area contributed by atoms with Crippen molar-refractivity contribution >= 4 is 23.5 Å². The number of carbonyl (C=O) groups excluding carboxylic acids is 3. The van der Waals surface area contributed by atoms with Gasteiger partial charge in [0.25, 0.3) is 0 Å². The molecule has 2 atom stereocenters. The van der Waals surface area contributed by atoms with Crippen molar-refractivity contribution in [3.8, 4) is 0 Å². The average Bonchev–Trinajstić information content (AvgIpc) is 3.17. The van der Waals surface area contributed by atoms with Crippen molar-refractivity contribution in [2.24, 2.45) is 0 Å². The number of hydrogen-bond donors (Lipinski definition) is 1. The SMILES string of the molecule is Cc1ccc(NC(=O)[C@@H]2CCC(=O)N2[C@H]2OC(=O)c3ccccc32)cc1. The Morgan fingerprint density at radius 3 is 2.62 bits per heavy atom. The summed E-state index contributed by atoms with van der Waals surface area (Å²) in [7, 11) is 0. The van der Waals surface area contributed by atoms with Crippen LogP contribution in [0.5, 0.6) is 0 Å². The molecule has 1 fully saturated rings. The molecule has 1 N–H and O–H groups in total. The summed E-state index contributed by atoms with van der Waals surface area (Å²) in [4.78, 5) is 38.7. The minimum Gasteiger partial charge on any atom is -0.433 e. The summed E-state index contributed by atoms with van der Waals surface area (Å²) < 4.78 is 5.42. The van der Waals surface area contributed by atoms with Gasteiger partial charge in [0, 0.05) is 17.7 Å². The van der Waals surface area contributed by atoms with E-state index in [-0.39, 0.29) is 18.2 Å². The van der Waals surface area contributed by atoms with Gasteiger partial charge in [-0.1, -0.05) is 35.9 Å². The Morgan fingerprint density at radius 1 is 1.12 bits per heavy atom. The second kappa shape index (κ2) is 6.29. The molecule has 0 aromatic heterocycles. The Balaban J connectivity index is 1.59. The Kier molecular flexibility index (Phi) is 3.95. The van der Waals surface area contributed by atoms with Gasteiger partial charge in [-0.25, -0.2) is 4.79 Å². The largest absolute Gasteiger partial charge is 0.433 e. The number of amides is 2. The van der Waals surface area contributed by atoms with Crippen LogP contribution in [-0.4, -0.2) is 28.7 Å². The molecule has 0 bridgehead atoms. The van der Waals surface area contributed by atoms with Crippen LogP contribution in [0.4, 0.5) is 5.69 Å². The van der Waals surface area contributed by atoms with E-state index in [2.05, 4.69) is 5.32 Å². The highest BCUT2D eigenvalue weighted by Crippen LogP contribution is 2.38. The van der Waals surface area contributed by atoms with Crippen molar-refractivity contribution in [3.63, 3.8) is 0 Å². The van der Waals surface area contributed by atoms with Crippen molar-refractivity contribution in [3.05, 3.63) is 65.2 Å². The van der Waals surface area contributed by atoms with Crippen LogP contribution < -0.4 is 5.32 Å². The lowest BCUT2D eigenvalue weighted by Gasteiger charge is -2.29. The van der Waals surface area contributed by atoms with Crippen molar-refractivity contribution < 1.29 is 19.1 Å². The van der Waals surface area contributed by atoms with Crippen molar-refractivity contribution in [1.29, 1.82) is 0 Å². The van der Waals surface area contributed by atoms with E-state index in [4.69, 9.17) is 4.74 Å². The third kappa shape index (κ3) is 2.73. The maximum Gasteiger partial charge on any atom is 0.340 e. The Labute approximate surface area is 150 Å². The number of hydrogen-bond acceptors (Lipinski definition) is 4. The van der Waals surface area contributed by atoms with Gasteiger partial charge in [0.2, 0.25) is 18.0 Å². The number of ether oxygens (including phenoxy) is 1. The first-order valence-electron chi connectivity index (χ1n) is 8.53. The number of rotatable bonds is 3. The van der Waals surface area contributed by atoms with Gasteiger partial charge >= 0.3 is 5.97 Å². The quantitative estimate of drug-likeness (QED) is 0.864. The molecule has 6 nitrogen and oxygen atoms in total. The van der Waals surface area contributed by atoms with E-state index in [1.54, 1.807) is 24.3 Å². The maximum absolute atomic E-state index is 12.8. The molecule has 2 aromatic rings. The summed E-state index contributed by atoms with van der Waals surface area (Å²) in [6.07, 6.45) is -0.197. The van der Waals surface area contributed by atoms with Gasteiger partial charge in [0.05, 0.1) is 5.56 Å². The maximum atomic E-state index is 12.8. The molecule has 26 heavy (non-hydrogen) atoms. The minimum atomic E-state index is -0.845. The molecular formula is C20H18N2O4. The Hall–Kier alpha value is -3.15. The molecule has 1 saturated heterocycles. The lowest BCUT2D eigenvalue weighted by molar-refractivity contribution is -0.144. The highest BCUT2D eigenvalue weighted by atomic mass is 16.6. The summed E-state index contributed by atoms with van der Waals surface area (Å²) >= 11 is 0. The summed E-state index contributed by atoms with van der Waals surface area (Å²) in [5.74, 6) is -0.938. The number of cyclic esters (lactones) is 1. The predicted octanol–water partition coefficient (Wildman–Crippen LogP) is 2.79. The molecule has 2 aliphatic heterocycles. The van der Waals surface area contributed by atoms with Gasteiger partial charge in [-0.15, -0.1) is 0 Å². The van der Waals surface area contributed by atoms with E-state index in [0.717, 1.165) is 5.56 Å². The molecule has 0 aliphatic carbocycles. The number of aryl methyl sites for hydroxylation is 1. The summed E-state index contributed by atoms with van der Waals surface area (Å²) in [6, 6.07) is 13.7. The fourth-order valence-corrected chi connectivity index (χ4v) is 3.45. The van der Waals surface area contributed by atoms with Crippen molar-refractivity contribution in [2.75, 3.05) is 5.32 Å². The molecule has 2 aliphatic rings. The van der Waals surface area contributed by atoms with Crippen molar-refractivity contribution in [1.82, 2.24) is 4.90 Å². The molecule has 6 heteroatoms. The van der Waals surface area contributed by atoms with Gasteiger partial charge < -0.3 is 10.1 Å². The molecule has 0 saturated carbocycles. The number of likely N-dealkylation sites (tertiary alicyclic amines) is 1. The highest BCUT2D eigenvalue weighted by molar-refractivity contribution is 6.00. The van der Waals surface area contributed by atoms with Gasteiger partial charge in [-0.2, -0.15) is 0 Å². The second-order valence-electron chi connectivity index (χ2n) is 6.56. The minimum absolute atomic E-state index is 0.191. The average molecular weight is 350 g/mol. The topological polar surface area (TPSA) is 75.7 Å². The molecule has 0 unspecified atom stereocenters. The molecule has 0 spiro atoms. The zero-order valence-electron chi connectivity index (χ0n) is 14.3. The number of anilines is 1. The second-order valence-corrected chi connectivity index (χ2v) is 6.56. The predicted molar refractivity (Wildman–Crippen MR) is 94.3 cm³/mol. The van der Waals surface area contributed by atoms with Crippen LogP contribution in [0.2, 0.25) is 0 Å². The zero-order chi connectivity index (χ0) is 18.3. The van der Waals surface area contributed by atoms with E-state index in [9.17, 15) is 14.4 Å². The van der Waals surface area contributed by atoms with Gasteiger partial charge in [0.1, 0.15) is 6.04 Å². The number of fused-ring (bicyclic) bond motifs is 1. The lowest BCUT2D eigenvalue weighted by atomic mass is 10.1. The normalized spacial score (nSPS) is 21.5. The molecular weight excluding hydrogens is 332 g/mol. The van der Waals surface area contributed by atoms with E-state index >= 15 is 0 Å². The van der Waals surface area contributed by atoms with Crippen LogP contribution in [0.25, 0.3) is 0 Å². The summed E-state index contributed by atoms with van der Waals surface area (Å²) in [5.41, 5.74) is 2.83. The Bertz CT molecular complexity index is 891. The van der Waals surface area contributed by atoms with Gasteiger partial charge in [0.15, 0.2) is 0 Å².